The van der Waals surface area contributed by atoms with Crippen molar-refractivity contribution in [3.05, 3.63) is 60.9 Å². The SMILES string of the molecule is COc1cc(-c2ccn3nc(NC(=O)CCCOc4ccccc4)cc3n2)cnc1OC. The van der Waals surface area contributed by atoms with Crippen molar-refractivity contribution < 1.29 is 19.0 Å². The van der Waals surface area contributed by atoms with Gasteiger partial charge >= 0.3 is 0 Å². The van der Waals surface area contributed by atoms with Crippen LogP contribution in [0.1, 0.15) is 12.8 Å². The van der Waals surface area contributed by atoms with Crippen LogP contribution in [0.2, 0.25) is 0 Å². The summed E-state index contributed by atoms with van der Waals surface area (Å²) in [5.74, 6) is 2.02. The Balaban J connectivity index is 1.38. The summed E-state index contributed by atoms with van der Waals surface area (Å²) in [5.41, 5.74) is 2.07. The lowest BCUT2D eigenvalue weighted by atomic mass is 10.2. The number of ether oxygens (including phenoxy) is 3. The van der Waals surface area contributed by atoms with Gasteiger partial charge in [0.25, 0.3) is 5.88 Å². The van der Waals surface area contributed by atoms with E-state index < -0.39 is 0 Å². The zero-order valence-electron chi connectivity index (χ0n) is 17.8. The Hall–Kier alpha value is -4.14. The van der Waals surface area contributed by atoms with Gasteiger partial charge < -0.3 is 19.5 Å². The number of amides is 1. The smallest absolute Gasteiger partial charge is 0.256 e. The van der Waals surface area contributed by atoms with E-state index in [1.165, 1.54) is 7.11 Å². The van der Waals surface area contributed by atoms with Gasteiger partial charge in [0.1, 0.15) is 5.75 Å². The van der Waals surface area contributed by atoms with Crippen molar-refractivity contribution in [1.82, 2.24) is 19.6 Å². The average molecular weight is 433 g/mol. The number of methoxy groups -OCH3 is 2. The Kier molecular flexibility index (Phi) is 6.45. The molecule has 0 spiro atoms. The van der Waals surface area contributed by atoms with E-state index >= 15 is 0 Å². The Labute approximate surface area is 185 Å². The number of aromatic nitrogens is 4. The molecule has 9 heteroatoms. The van der Waals surface area contributed by atoms with Gasteiger partial charge in [0.05, 0.1) is 26.5 Å². The minimum atomic E-state index is -0.130. The Morgan fingerprint density at radius 1 is 1.09 bits per heavy atom. The van der Waals surface area contributed by atoms with Gasteiger partial charge in [0, 0.05) is 30.4 Å². The number of pyridine rings is 1. The normalized spacial score (nSPS) is 10.7. The van der Waals surface area contributed by atoms with Crippen molar-refractivity contribution in [2.45, 2.75) is 12.8 Å². The number of para-hydroxylation sites is 1. The summed E-state index contributed by atoms with van der Waals surface area (Å²) >= 11 is 0. The second-order valence-electron chi connectivity index (χ2n) is 6.89. The molecule has 3 aromatic heterocycles. The number of hydrogen-bond donors (Lipinski definition) is 1. The van der Waals surface area contributed by atoms with Crippen LogP contribution in [-0.2, 0) is 4.79 Å². The third-order valence-electron chi connectivity index (χ3n) is 4.68. The second kappa shape index (κ2) is 9.78. The number of hydrogen-bond acceptors (Lipinski definition) is 7. The average Bonchev–Trinajstić information content (AvgIpc) is 3.23. The molecule has 4 aromatic rings. The molecule has 0 atom stereocenters. The molecule has 0 aliphatic carbocycles. The maximum atomic E-state index is 12.2. The largest absolute Gasteiger partial charge is 0.494 e. The molecule has 3 heterocycles. The van der Waals surface area contributed by atoms with E-state index in [-0.39, 0.29) is 5.91 Å². The molecule has 0 saturated carbocycles. The molecule has 0 aliphatic rings. The minimum Gasteiger partial charge on any atom is -0.494 e. The number of anilines is 1. The molecule has 9 nitrogen and oxygen atoms in total. The first-order valence-electron chi connectivity index (χ1n) is 10.1. The standard InChI is InChI=1S/C23H23N5O4/c1-30-19-13-16(15-24-23(19)31-2)18-10-11-28-21(25-18)14-20(27-28)26-22(29)9-6-12-32-17-7-4-3-5-8-17/h3-5,7-8,10-11,13-15H,6,9,12H2,1-2H3,(H,26,27,29). The van der Waals surface area contributed by atoms with Gasteiger partial charge in [-0.05, 0) is 30.7 Å². The molecular formula is C23H23N5O4. The summed E-state index contributed by atoms with van der Waals surface area (Å²) < 4.78 is 17.7. The van der Waals surface area contributed by atoms with Gasteiger partial charge in [-0.2, -0.15) is 0 Å². The summed E-state index contributed by atoms with van der Waals surface area (Å²) in [6.45, 7) is 0.465. The highest BCUT2D eigenvalue weighted by atomic mass is 16.5. The van der Waals surface area contributed by atoms with Gasteiger partial charge in [0.15, 0.2) is 17.2 Å². The molecule has 4 rings (SSSR count). The number of nitrogens with zero attached hydrogens (tertiary/aromatic N) is 4. The highest BCUT2D eigenvalue weighted by molar-refractivity contribution is 5.90. The van der Waals surface area contributed by atoms with Crippen LogP contribution in [0.5, 0.6) is 17.4 Å². The van der Waals surface area contributed by atoms with Crippen LogP contribution in [0.15, 0.2) is 60.9 Å². The summed E-state index contributed by atoms with van der Waals surface area (Å²) in [6.07, 6.45) is 4.37. The highest BCUT2D eigenvalue weighted by Gasteiger charge is 2.11. The number of carbonyl (C=O) groups is 1. The summed E-state index contributed by atoms with van der Waals surface area (Å²) in [6, 6.07) is 14.9. The van der Waals surface area contributed by atoms with Crippen molar-refractivity contribution in [2.75, 3.05) is 26.1 Å². The van der Waals surface area contributed by atoms with Crippen LogP contribution in [-0.4, -0.2) is 46.3 Å². The van der Waals surface area contributed by atoms with Crippen molar-refractivity contribution >= 4 is 17.4 Å². The lowest BCUT2D eigenvalue weighted by Crippen LogP contribution is -2.13. The van der Waals surface area contributed by atoms with Gasteiger partial charge in [-0.15, -0.1) is 5.10 Å². The lowest BCUT2D eigenvalue weighted by Gasteiger charge is -2.08. The van der Waals surface area contributed by atoms with Crippen LogP contribution in [0.4, 0.5) is 5.82 Å². The molecule has 0 saturated heterocycles. The van der Waals surface area contributed by atoms with E-state index in [1.807, 2.05) is 36.4 Å². The van der Waals surface area contributed by atoms with Crippen LogP contribution >= 0.6 is 0 Å². The first-order valence-corrected chi connectivity index (χ1v) is 10.1. The summed E-state index contributed by atoms with van der Waals surface area (Å²) in [4.78, 5) is 21.1. The predicted molar refractivity (Wildman–Crippen MR) is 119 cm³/mol. The molecule has 164 valence electrons. The van der Waals surface area contributed by atoms with E-state index in [1.54, 1.807) is 36.2 Å². The maximum absolute atomic E-state index is 12.2. The van der Waals surface area contributed by atoms with Crippen molar-refractivity contribution in [3.8, 4) is 28.6 Å². The van der Waals surface area contributed by atoms with E-state index in [9.17, 15) is 4.79 Å². The molecule has 0 unspecified atom stereocenters. The first kappa shape index (κ1) is 21.1. The fourth-order valence-corrected chi connectivity index (χ4v) is 3.12. The van der Waals surface area contributed by atoms with Crippen LogP contribution < -0.4 is 19.5 Å². The van der Waals surface area contributed by atoms with E-state index in [0.29, 0.717) is 48.2 Å². The summed E-state index contributed by atoms with van der Waals surface area (Å²) in [5, 5.41) is 7.16. The Morgan fingerprint density at radius 2 is 1.94 bits per heavy atom. The number of nitrogens with one attached hydrogen (secondary N) is 1. The Bertz CT molecular complexity index is 1210. The summed E-state index contributed by atoms with van der Waals surface area (Å²) in [7, 11) is 3.09. The molecule has 0 aliphatic heterocycles. The number of carbonyl (C=O) groups excluding carboxylic acids is 1. The fraction of sp³-hybridized carbons (Fsp3) is 0.217. The zero-order valence-corrected chi connectivity index (χ0v) is 17.8. The Morgan fingerprint density at radius 3 is 2.72 bits per heavy atom. The quantitative estimate of drug-likeness (QED) is 0.403. The molecule has 1 aromatic carbocycles. The third kappa shape index (κ3) is 4.94. The van der Waals surface area contributed by atoms with Crippen LogP contribution in [0.25, 0.3) is 16.9 Å². The second-order valence-corrected chi connectivity index (χ2v) is 6.89. The molecular weight excluding hydrogens is 410 g/mol. The molecule has 0 radical (unpaired) electrons. The topological polar surface area (TPSA) is 99.9 Å². The van der Waals surface area contributed by atoms with Crippen LogP contribution in [0, 0.1) is 0 Å². The van der Waals surface area contributed by atoms with Gasteiger partial charge in [-0.1, -0.05) is 18.2 Å². The van der Waals surface area contributed by atoms with Gasteiger partial charge in [-0.3, -0.25) is 4.79 Å². The van der Waals surface area contributed by atoms with Gasteiger partial charge in [-0.25, -0.2) is 14.5 Å². The van der Waals surface area contributed by atoms with Gasteiger partial charge in [0.2, 0.25) is 5.91 Å². The highest BCUT2D eigenvalue weighted by Crippen LogP contribution is 2.29. The van der Waals surface area contributed by atoms with E-state index in [0.717, 1.165) is 11.3 Å². The maximum Gasteiger partial charge on any atom is 0.256 e. The van der Waals surface area contributed by atoms with Crippen molar-refractivity contribution in [1.29, 1.82) is 0 Å². The minimum absolute atomic E-state index is 0.130. The number of benzene rings is 1. The van der Waals surface area contributed by atoms with E-state index in [4.69, 9.17) is 14.2 Å². The molecule has 32 heavy (non-hydrogen) atoms. The van der Waals surface area contributed by atoms with E-state index in [2.05, 4.69) is 20.4 Å². The number of fused-ring (bicyclic) bond motifs is 1. The van der Waals surface area contributed by atoms with Crippen molar-refractivity contribution in [3.63, 3.8) is 0 Å². The fourth-order valence-electron chi connectivity index (χ4n) is 3.12. The molecule has 1 N–H and O–H groups in total. The first-order chi connectivity index (χ1) is 15.7. The molecule has 0 bridgehead atoms. The molecule has 1 amide bonds. The molecule has 0 fully saturated rings. The monoisotopic (exact) mass is 433 g/mol. The predicted octanol–water partition coefficient (Wildman–Crippen LogP) is 3.61. The third-order valence-corrected chi connectivity index (χ3v) is 4.68. The lowest BCUT2D eigenvalue weighted by molar-refractivity contribution is -0.116. The number of rotatable bonds is 9. The van der Waals surface area contributed by atoms with Crippen LogP contribution in [0.3, 0.4) is 0 Å². The zero-order chi connectivity index (χ0) is 22.3. The van der Waals surface area contributed by atoms with Crippen molar-refractivity contribution in [2.24, 2.45) is 0 Å².